The van der Waals surface area contributed by atoms with Crippen molar-refractivity contribution in [3.05, 3.63) is 46.9 Å². The zero-order valence-corrected chi connectivity index (χ0v) is 12.4. The van der Waals surface area contributed by atoms with E-state index in [1.807, 2.05) is 19.1 Å². The Bertz CT molecular complexity index is 575. The van der Waals surface area contributed by atoms with Crippen LogP contribution in [-0.2, 0) is 6.54 Å². The first kappa shape index (κ1) is 14.8. The second kappa shape index (κ2) is 7.22. The second-order valence-corrected chi connectivity index (χ2v) is 4.97. The van der Waals surface area contributed by atoms with E-state index in [4.69, 9.17) is 16.3 Å². The van der Waals surface area contributed by atoms with E-state index >= 15 is 0 Å². The van der Waals surface area contributed by atoms with Crippen LogP contribution in [0.15, 0.2) is 30.6 Å². The molecule has 0 aliphatic heterocycles. The first-order chi connectivity index (χ1) is 9.69. The minimum absolute atomic E-state index is 0.492. The molecule has 1 aromatic carbocycles. The fourth-order valence-electron chi connectivity index (χ4n) is 1.75. The highest BCUT2D eigenvalue weighted by atomic mass is 35.5. The quantitative estimate of drug-likeness (QED) is 0.824. The number of ether oxygens (including phenoxy) is 1. The van der Waals surface area contributed by atoms with E-state index < -0.39 is 0 Å². The lowest BCUT2D eigenvalue weighted by atomic mass is 10.2. The highest BCUT2D eigenvalue weighted by Crippen LogP contribution is 2.25. The van der Waals surface area contributed by atoms with Crippen LogP contribution in [0.5, 0.6) is 11.6 Å². The standard InChI is InChI=1S/C15H18ClN3O/c1-3-6-17-8-13-9-18-10-15(19-13)20-14-5-4-12(16)7-11(14)2/h4-5,7,9-10,17H,3,6,8H2,1-2H3. The minimum atomic E-state index is 0.492. The molecule has 0 radical (unpaired) electrons. The fourth-order valence-corrected chi connectivity index (χ4v) is 1.98. The third kappa shape index (κ3) is 4.18. The van der Waals surface area contributed by atoms with E-state index in [1.54, 1.807) is 18.5 Å². The molecule has 4 nitrogen and oxygen atoms in total. The van der Waals surface area contributed by atoms with Gasteiger partial charge in [-0.2, -0.15) is 0 Å². The zero-order chi connectivity index (χ0) is 14.4. The molecule has 106 valence electrons. The summed E-state index contributed by atoms with van der Waals surface area (Å²) < 4.78 is 5.75. The highest BCUT2D eigenvalue weighted by Gasteiger charge is 2.05. The summed E-state index contributed by atoms with van der Waals surface area (Å²) in [6, 6.07) is 5.49. The highest BCUT2D eigenvalue weighted by molar-refractivity contribution is 6.30. The van der Waals surface area contributed by atoms with Crippen molar-refractivity contribution in [2.75, 3.05) is 6.54 Å². The molecular formula is C15H18ClN3O. The lowest BCUT2D eigenvalue weighted by Crippen LogP contribution is -2.15. The molecule has 5 heteroatoms. The summed E-state index contributed by atoms with van der Waals surface area (Å²) in [4.78, 5) is 8.58. The molecule has 0 bridgehead atoms. The summed E-state index contributed by atoms with van der Waals surface area (Å²) in [5.74, 6) is 1.23. The van der Waals surface area contributed by atoms with Gasteiger partial charge in [0.1, 0.15) is 5.75 Å². The van der Waals surface area contributed by atoms with Crippen molar-refractivity contribution >= 4 is 11.6 Å². The van der Waals surface area contributed by atoms with Crippen molar-refractivity contribution < 1.29 is 4.74 Å². The summed E-state index contributed by atoms with van der Waals surface area (Å²) in [5, 5.41) is 3.98. The number of halogens is 1. The van der Waals surface area contributed by atoms with Gasteiger partial charge in [-0.15, -0.1) is 0 Å². The summed E-state index contributed by atoms with van der Waals surface area (Å²) in [7, 11) is 0. The number of hydrogen-bond donors (Lipinski definition) is 1. The molecule has 0 spiro atoms. The molecule has 20 heavy (non-hydrogen) atoms. The van der Waals surface area contributed by atoms with Crippen LogP contribution in [0.4, 0.5) is 0 Å². The monoisotopic (exact) mass is 291 g/mol. The smallest absolute Gasteiger partial charge is 0.238 e. The van der Waals surface area contributed by atoms with E-state index in [2.05, 4.69) is 22.2 Å². The summed E-state index contributed by atoms with van der Waals surface area (Å²) in [6.45, 7) is 5.73. The zero-order valence-electron chi connectivity index (χ0n) is 11.7. The molecule has 0 saturated carbocycles. The maximum Gasteiger partial charge on any atom is 0.238 e. The lowest BCUT2D eigenvalue weighted by Gasteiger charge is -2.09. The molecule has 1 heterocycles. The van der Waals surface area contributed by atoms with Gasteiger partial charge in [0, 0.05) is 17.8 Å². The number of hydrogen-bond acceptors (Lipinski definition) is 4. The van der Waals surface area contributed by atoms with Crippen LogP contribution in [0.1, 0.15) is 24.6 Å². The van der Waals surface area contributed by atoms with Crippen LogP contribution < -0.4 is 10.1 Å². The van der Waals surface area contributed by atoms with Crippen LogP contribution in [0.2, 0.25) is 5.02 Å². The first-order valence-corrected chi connectivity index (χ1v) is 7.02. The third-order valence-corrected chi connectivity index (χ3v) is 2.98. The Morgan fingerprint density at radius 1 is 1.30 bits per heavy atom. The van der Waals surface area contributed by atoms with Gasteiger partial charge in [-0.3, -0.25) is 4.98 Å². The maximum atomic E-state index is 5.92. The van der Waals surface area contributed by atoms with Gasteiger partial charge in [-0.25, -0.2) is 4.98 Å². The van der Waals surface area contributed by atoms with E-state index in [0.29, 0.717) is 17.4 Å². The lowest BCUT2D eigenvalue weighted by molar-refractivity contribution is 0.453. The first-order valence-electron chi connectivity index (χ1n) is 6.64. The number of aryl methyl sites for hydroxylation is 1. The van der Waals surface area contributed by atoms with Gasteiger partial charge < -0.3 is 10.1 Å². The number of rotatable bonds is 6. The average molecular weight is 292 g/mol. The Morgan fingerprint density at radius 2 is 2.15 bits per heavy atom. The number of benzene rings is 1. The molecule has 0 unspecified atom stereocenters. The molecule has 2 aromatic rings. The molecule has 0 amide bonds. The van der Waals surface area contributed by atoms with Crippen LogP contribution in [0.25, 0.3) is 0 Å². The van der Waals surface area contributed by atoms with Gasteiger partial charge >= 0.3 is 0 Å². The summed E-state index contributed by atoms with van der Waals surface area (Å²) >= 11 is 5.92. The van der Waals surface area contributed by atoms with E-state index in [9.17, 15) is 0 Å². The van der Waals surface area contributed by atoms with Crippen molar-refractivity contribution in [2.24, 2.45) is 0 Å². The molecule has 1 aromatic heterocycles. The Balaban J connectivity index is 2.07. The van der Waals surface area contributed by atoms with Crippen LogP contribution >= 0.6 is 11.6 Å². The van der Waals surface area contributed by atoms with Gasteiger partial charge in [-0.05, 0) is 43.7 Å². The molecule has 0 aliphatic carbocycles. The topological polar surface area (TPSA) is 47.0 Å². The average Bonchev–Trinajstić information content (AvgIpc) is 2.43. The van der Waals surface area contributed by atoms with Gasteiger partial charge in [-0.1, -0.05) is 18.5 Å². The van der Waals surface area contributed by atoms with Gasteiger partial charge in [0.25, 0.3) is 0 Å². The van der Waals surface area contributed by atoms with E-state index in [0.717, 1.165) is 30.0 Å². The van der Waals surface area contributed by atoms with Crippen molar-refractivity contribution in [1.29, 1.82) is 0 Å². The normalized spacial score (nSPS) is 10.6. The Morgan fingerprint density at radius 3 is 2.90 bits per heavy atom. The SMILES string of the molecule is CCCNCc1cncc(Oc2ccc(Cl)cc2C)n1. The molecule has 0 atom stereocenters. The van der Waals surface area contributed by atoms with Crippen molar-refractivity contribution in [2.45, 2.75) is 26.8 Å². The summed E-state index contributed by atoms with van der Waals surface area (Å²) in [6.07, 6.45) is 4.44. The molecule has 0 saturated heterocycles. The number of aromatic nitrogens is 2. The second-order valence-electron chi connectivity index (χ2n) is 4.54. The van der Waals surface area contributed by atoms with Crippen LogP contribution in [-0.4, -0.2) is 16.5 Å². The molecule has 0 fully saturated rings. The van der Waals surface area contributed by atoms with Gasteiger partial charge in [0.15, 0.2) is 0 Å². The number of nitrogens with zero attached hydrogens (tertiary/aromatic N) is 2. The fraction of sp³-hybridized carbons (Fsp3) is 0.333. The Kier molecular flexibility index (Phi) is 5.32. The Labute approximate surface area is 124 Å². The number of nitrogens with one attached hydrogen (secondary N) is 1. The van der Waals surface area contributed by atoms with E-state index in [1.165, 1.54) is 0 Å². The van der Waals surface area contributed by atoms with Crippen molar-refractivity contribution in [3.63, 3.8) is 0 Å². The largest absolute Gasteiger partial charge is 0.437 e. The van der Waals surface area contributed by atoms with Crippen molar-refractivity contribution in [1.82, 2.24) is 15.3 Å². The minimum Gasteiger partial charge on any atom is -0.437 e. The molecule has 2 rings (SSSR count). The van der Waals surface area contributed by atoms with Gasteiger partial charge in [0.05, 0.1) is 11.9 Å². The molecule has 1 N–H and O–H groups in total. The molecular weight excluding hydrogens is 274 g/mol. The Hall–Kier alpha value is -1.65. The van der Waals surface area contributed by atoms with Crippen LogP contribution in [0.3, 0.4) is 0 Å². The molecule has 0 aliphatic rings. The third-order valence-electron chi connectivity index (χ3n) is 2.75. The predicted octanol–water partition coefficient (Wildman–Crippen LogP) is 3.73. The summed E-state index contributed by atoms with van der Waals surface area (Å²) in [5.41, 5.74) is 1.83. The van der Waals surface area contributed by atoms with Gasteiger partial charge in [0.2, 0.25) is 5.88 Å². The maximum absolute atomic E-state index is 5.92. The van der Waals surface area contributed by atoms with Crippen molar-refractivity contribution in [3.8, 4) is 11.6 Å². The van der Waals surface area contributed by atoms with E-state index in [-0.39, 0.29) is 0 Å². The van der Waals surface area contributed by atoms with Crippen LogP contribution in [0, 0.1) is 6.92 Å². The predicted molar refractivity (Wildman–Crippen MR) is 80.3 cm³/mol.